The van der Waals surface area contributed by atoms with Crippen molar-refractivity contribution in [2.24, 2.45) is 0 Å². The second kappa shape index (κ2) is 5.05. The van der Waals surface area contributed by atoms with Gasteiger partial charge in [-0.15, -0.1) is 0 Å². The molecule has 3 rings (SSSR count). The van der Waals surface area contributed by atoms with Crippen LogP contribution < -0.4 is 16.8 Å². The van der Waals surface area contributed by atoms with E-state index >= 15 is 0 Å². The quantitative estimate of drug-likeness (QED) is 0.530. The fourth-order valence-corrected chi connectivity index (χ4v) is 2.45. The lowest BCUT2D eigenvalue weighted by Gasteiger charge is -2.08. The van der Waals surface area contributed by atoms with Crippen LogP contribution in [-0.2, 0) is 6.42 Å². The number of aromatic amines is 1. The van der Waals surface area contributed by atoms with Crippen LogP contribution in [0.15, 0.2) is 41.2 Å². The number of fused-ring (bicyclic) bond motifs is 1. The van der Waals surface area contributed by atoms with Gasteiger partial charge in [0, 0.05) is 17.5 Å². The molecule has 0 saturated carbocycles. The molecule has 21 heavy (non-hydrogen) atoms. The lowest BCUT2D eigenvalue weighted by Crippen LogP contribution is -2.13. The summed E-state index contributed by atoms with van der Waals surface area (Å²) in [6.45, 7) is 0. The average Bonchev–Trinajstić information content (AvgIpc) is 2.46. The van der Waals surface area contributed by atoms with Crippen molar-refractivity contribution in [2.45, 2.75) is 6.42 Å². The Morgan fingerprint density at radius 2 is 2.10 bits per heavy atom. The number of rotatable bonds is 2. The highest BCUT2D eigenvalue weighted by Crippen LogP contribution is 2.22. The molecule has 3 N–H and O–H groups in total. The van der Waals surface area contributed by atoms with Gasteiger partial charge in [-0.2, -0.15) is 5.10 Å². The number of anilines is 1. The lowest BCUT2D eigenvalue weighted by atomic mass is 9.92. The lowest BCUT2D eigenvalue weighted by molar-refractivity contribution is 0.635. The van der Waals surface area contributed by atoms with Crippen molar-refractivity contribution in [3.05, 3.63) is 63.8 Å². The number of H-pyrrole nitrogens is 1. The molecule has 0 atom stereocenters. The minimum absolute atomic E-state index is 0.238. The maximum atomic E-state index is 13.3. The monoisotopic (exact) mass is 281 g/mol. The number of halogens is 1. The van der Waals surface area contributed by atoms with Crippen LogP contribution in [0.2, 0.25) is 0 Å². The summed E-state index contributed by atoms with van der Waals surface area (Å²) >= 11 is 0. The molecule has 104 valence electrons. The van der Waals surface area contributed by atoms with E-state index in [1.54, 1.807) is 38.2 Å². The van der Waals surface area contributed by atoms with Gasteiger partial charge in [0.2, 0.25) is 0 Å². The Kier molecular flexibility index (Phi) is 3.21. The van der Waals surface area contributed by atoms with Crippen LogP contribution in [0, 0.1) is 5.82 Å². The molecule has 0 bridgehead atoms. The van der Waals surface area contributed by atoms with Gasteiger partial charge in [0.15, 0.2) is 0 Å². The van der Waals surface area contributed by atoms with Crippen LogP contribution in [0.5, 0.6) is 0 Å². The predicted molar refractivity (Wildman–Crippen MR) is 84.2 cm³/mol. The van der Waals surface area contributed by atoms with E-state index in [0.29, 0.717) is 34.0 Å². The van der Waals surface area contributed by atoms with Gasteiger partial charge >= 0.3 is 0 Å². The van der Waals surface area contributed by atoms with Gasteiger partial charge in [0.05, 0.1) is 11.1 Å². The van der Waals surface area contributed by atoms with Crippen LogP contribution in [0.1, 0.15) is 11.3 Å². The highest BCUT2D eigenvalue weighted by Gasteiger charge is 2.10. The van der Waals surface area contributed by atoms with Gasteiger partial charge < -0.3 is 5.73 Å². The zero-order valence-electron chi connectivity index (χ0n) is 11.5. The van der Waals surface area contributed by atoms with Crippen LogP contribution in [-0.4, -0.2) is 18.0 Å². The van der Waals surface area contributed by atoms with Crippen molar-refractivity contribution in [1.29, 1.82) is 0 Å². The van der Waals surface area contributed by atoms with Crippen molar-refractivity contribution in [1.82, 2.24) is 10.2 Å². The van der Waals surface area contributed by atoms with Crippen molar-refractivity contribution in [3.8, 4) is 0 Å². The molecule has 1 heterocycles. The van der Waals surface area contributed by atoms with Crippen molar-refractivity contribution in [2.75, 3.05) is 5.73 Å². The van der Waals surface area contributed by atoms with Gasteiger partial charge in [-0.05, 0) is 23.8 Å². The predicted octanol–water partition coefficient (Wildman–Crippen LogP) is 0.494. The van der Waals surface area contributed by atoms with Gasteiger partial charge in [0.1, 0.15) is 13.7 Å². The average molecular weight is 281 g/mol. The fourth-order valence-electron chi connectivity index (χ4n) is 2.45. The molecule has 0 aliphatic carbocycles. The first kappa shape index (κ1) is 13.4. The topological polar surface area (TPSA) is 71.8 Å². The molecule has 0 saturated heterocycles. The van der Waals surface area contributed by atoms with E-state index in [0.717, 1.165) is 5.56 Å². The van der Waals surface area contributed by atoms with Gasteiger partial charge in [0.25, 0.3) is 5.56 Å². The van der Waals surface area contributed by atoms with E-state index in [9.17, 15) is 9.18 Å². The van der Waals surface area contributed by atoms with Crippen LogP contribution in [0.3, 0.4) is 0 Å². The number of hydrogen-bond acceptors (Lipinski definition) is 3. The first-order chi connectivity index (χ1) is 10.1. The third-order valence-corrected chi connectivity index (χ3v) is 3.52. The largest absolute Gasteiger partial charge is 0.398 e. The van der Waals surface area contributed by atoms with E-state index in [2.05, 4.69) is 10.2 Å². The molecule has 0 aliphatic rings. The molecule has 4 nitrogen and oxygen atoms in total. The molecule has 0 amide bonds. The van der Waals surface area contributed by atoms with Crippen LogP contribution in [0.25, 0.3) is 10.8 Å². The summed E-state index contributed by atoms with van der Waals surface area (Å²) in [5.41, 5.74) is 8.39. The second-order valence-corrected chi connectivity index (χ2v) is 5.03. The first-order valence-electron chi connectivity index (χ1n) is 6.57. The number of nitrogens with one attached hydrogen (secondary N) is 1. The fraction of sp³-hybridized carbons (Fsp3) is 0.0667. The number of benzene rings is 2. The standard InChI is InChI=1S/C15H13BFN3O/c16-10-6-8(4-5-11(10)17)7-13-14-9(15(21)20-19-13)2-1-3-12(14)18/h1-6H,7,16,18H2,(H,20,21). The molecule has 6 heteroatoms. The molecule has 0 radical (unpaired) electrons. The highest BCUT2D eigenvalue weighted by molar-refractivity contribution is 6.32. The second-order valence-electron chi connectivity index (χ2n) is 5.03. The maximum Gasteiger partial charge on any atom is 0.272 e. The molecule has 2 aromatic carbocycles. The number of hydrogen-bond donors (Lipinski definition) is 2. The SMILES string of the molecule is Bc1cc(Cc2n[nH]c(=O)c3cccc(N)c23)ccc1F. The van der Waals surface area contributed by atoms with Crippen molar-refractivity contribution in [3.63, 3.8) is 0 Å². The third kappa shape index (κ3) is 2.40. The first-order valence-corrected chi connectivity index (χ1v) is 6.57. The van der Waals surface area contributed by atoms with Crippen molar-refractivity contribution >= 4 is 29.8 Å². The number of nitrogens with zero attached hydrogens (tertiary/aromatic N) is 1. The molecular formula is C15H13BFN3O. The molecule has 3 aromatic rings. The molecule has 1 aromatic heterocycles. The van der Waals surface area contributed by atoms with Gasteiger partial charge in [-0.3, -0.25) is 4.79 Å². The molecular weight excluding hydrogens is 268 g/mol. The summed E-state index contributed by atoms with van der Waals surface area (Å²) < 4.78 is 13.3. The zero-order chi connectivity index (χ0) is 15.0. The van der Waals surface area contributed by atoms with E-state index in [1.165, 1.54) is 6.07 Å². The smallest absolute Gasteiger partial charge is 0.272 e. The van der Waals surface area contributed by atoms with E-state index in [4.69, 9.17) is 5.73 Å². The zero-order valence-corrected chi connectivity index (χ0v) is 11.5. The van der Waals surface area contributed by atoms with Crippen molar-refractivity contribution < 1.29 is 4.39 Å². The summed E-state index contributed by atoms with van der Waals surface area (Å²) in [5, 5.41) is 7.75. The van der Waals surface area contributed by atoms with Crippen LogP contribution >= 0.6 is 0 Å². The summed E-state index contributed by atoms with van der Waals surface area (Å²) in [5.74, 6) is -0.238. The Morgan fingerprint density at radius 1 is 1.29 bits per heavy atom. The highest BCUT2D eigenvalue weighted by atomic mass is 19.1. The van der Waals surface area contributed by atoms with Crippen LogP contribution in [0.4, 0.5) is 10.1 Å². The van der Waals surface area contributed by atoms with Gasteiger partial charge in [-0.1, -0.05) is 23.7 Å². The molecule has 0 aliphatic heterocycles. The number of nitrogens with two attached hydrogens (primary N) is 1. The number of aromatic nitrogens is 2. The van der Waals surface area contributed by atoms with E-state index in [1.807, 2.05) is 0 Å². The maximum absolute atomic E-state index is 13.3. The molecule has 0 spiro atoms. The Bertz CT molecular complexity index is 892. The summed E-state index contributed by atoms with van der Waals surface area (Å²) in [6.07, 6.45) is 0.475. The Balaban J connectivity index is 2.15. The molecule has 0 fully saturated rings. The van der Waals surface area contributed by atoms with E-state index < -0.39 is 0 Å². The third-order valence-electron chi connectivity index (χ3n) is 3.52. The Labute approximate surface area is 121 Å². The Morgan fingerprint density at radius 3 is 2.86 bits per heavy atom. The van der Waals surface area contributed by atoms with Gasteiger partial charge in [-0.25, -0.2) is 9.49 Å². The summed E-state index contributed by atoms with van der Waals surface area (Å²) in [7, 11) is 1.71. The summed E-state index contributed by atoms with van der Waals surface area (Å²) in [4.78, 5) is 11.8. The number of nitrogen functional groups attached to an aromatic ring is 1. The Hall–Kier alpha value is -2.63. The summed E-state index contributed by atoms with van der Waals surface area (Å²) in [6, 6.07) is 10.1. The minimum atomic E-state index is -0.267. The minimum Gasteiger partial charge on any atom is -0.398 e. The molecule has 0 unspecified atom stereocenters. The normalized spacial score (nSPS) is 10.9. The van der Waals surface area contributed by atoms with E-state index in [-0.39, 0.29) is 11.4 Å².